The van der Waals surface area contributed by atoms with Crippen LogP contribution in [0.1, 0.15) is 72.0 Å². The fraction of sp³-hybridized carbons (Fsp3) is 0.607. The largest absolute Gasteiger partial charge is 0.457 e. The van der Waals surface area contributed by atoms with E-state index < -0.39 is 35.6 Å². The lowest BCUT2D eigenvalue weighted by molar-refractivity contribution is -0.155. The second-order valence-corrected chi connectivity index (χ2v) is 11.6. The van der Waals surface area contributed by atoms with Crippen molar-refractivity contribution in [1.82, 2.24) is 4.98 Å². The summed E-state index contributed by atoms with van der Waals surface area (Å²) < 4.78 is 5.90. The second kappa shape index (κ2) is 12.2. The third-order valence-corrected chi connectivity index (χ3v) is 7.74. The molecule has 0 bridgehead atoms. The molecule has 0 fully saturated rings. The molecule has 1 aliphatic rings. The van der Waals surface area contributed by atoms with E-state index in [-0.39, 0.29) is 24.0 Å². The Morgan fingerprint density at radius 1 is 1.20 bits per heavy atom. The highest BCUT2D eigenvalue weighted by atomic mass is 32.1. The molecular formula is C28H41NO5S. The molecule has 6 nitrogen and oxygen atoms in total. The van der Waals surface area contributed by atoms with Crippen LogP contribution < -0.4 is 0 Å². The number of esters is 1. The number of carbonyl (C=O) groups is 2. The van der Waals surface area contributed by atoms with Gasteiger partial charge in [-0.1, -0.05) is 58.4 Å². The van der Waals surface area contributed by atoms with Gasteiger partial charge in [0.05, 0.1) is 34.7 Å². The molecule has 7 heteroatoms. The molecule has 35 heavy (non-hydrogen) atoms. The van der Waals surface area contributed by atoms with Gasteiger partial charge in [0, 0.05) is 17.2 Å². The number of rotatable bonds is 2. The number of Topliss-reactive ketones (excluding diaryl/α,β-unsaturated/α-hetero) is 1. The Hall–Kier alpha value is -2.09. The molecule has 0 saturated heterocycles. The van der Waals surface area contributed by atoms with Crippen molar-refractivity contribution in [3.05, 3.63) is 45.5 Å². The SMILES string of the molecule is CC1=C/[C@H](C)[C@@H](/C(C)=C/c2csc(C)n2)OC(=O)C[C@H](O)C(C)(C)C(=O)[C@H](C)[C@@H](O)[C@@H](C)C\C=C\1. The third kappa shape index (κ3) is 7.69. The summed E-state index contributed by atoms with van der Waals surface area (Å²) in [5.41, 5.74) is 1.46. The molecule has 0 aromatic carbocycles. The first kappa shape index (κ1) is 29.1. The fourth-order valence-electron chi connectivity index (χ4n) is 4.54. The van der Waals surface area contributed by atoms with Gasteiger partial charge >= 0.3 is 5.97 Å². The molecule has 1 aromatic heterocycles. The first-order valence-electron chi connectivity index (χ1n) is 12.3. The van der Waals surface area contributed by atoms with E-state index in [2.05, 4.69) is 11.1 Å². The molecule has 0 radical (unpaired) electrons. The maximum absolute atomic E-state index is 13.2. The van der Waals surface area contributed by atoms with E-state index in [1.807, 2.05) is 58.2 Å². The lowest BCUT2D eigenvalue weighted by Crippen LogP contribution is -2.45. The number of thiazole rings is 1. The van der Waals surface area contributed by atoms with E-state index in [9.17, 15) is 19.8 Å². The van der Waals surface area contributed by atoms with Crippen molar-refractivity contribution in [3.63, 3.8) is 0 Å². The molecule has 0 spiro atoms. The van der Waals surface area contributed by atoms with Gasteiger partial charge in [-0.15, -0.1) is 11.3 Å². The van der Waals surface area contributed by atoms with Gasteiger partial charge in [0.15, 0.2) is 0 Å². The Labute approximate surface area is 213 Å². The van der Waals surface area contributed by atoms with Gasteiger partial charge in [-0.3, -0.25) is 9.59 Å². The first-order chi connectivity index (χ1) is 16.2. The van der Waals surface area contributed by atoms with Gasteiger partial charge in [0.25, 0.3) is 0 Å². The molecule has 0 amide bonds. The lowest BCUT2D eigenvalue weighted by Gasteiger charge is -2.34. The highest BCUT2D eigenvalue weighted by molar-refractivity contribution is 7.09. The number of ether oxygens (including phenoxy) is 1. The molecular weight excluding hydrogens is 462 g/mol. The average Bonchev–Trinajstić information content (AvgIpc) is 3.19. The average molecular weight is 504 g/mol. The van der Waals surface area contributed by atoms with Gasteiger partial charge in [0.2, 0.25) is 0 Å². The normalized spacial score (nSPS) is 34.1. The van der Waals surface area contributed by atoms with Crippen molar-refractivity contribution in [2.24, 2.45) is 23.2 Å². The molecule has 1 aliphatic heterocycles. The van der Waals surface area contributed by atoms with E-state index in [1.165, 1.54) is 0 Å². The van der Waals surface area contributed by atoms with Crippen LogP contribution in [0, 0.1) is 30.1 Å². The summed E-state index contributed by atoms with van der Waals surface area (Å²) in [6, 6.07) is 0. The minimum absolute atomic E-state index is 0.137. The van der Waals surface area contributed by atoms with Crippen LogP contribution in [-0.4, -0.2) is 45.3 Å². The van der Waals surface area contributed by atoms with Crippen LogP contribution in [0.4, 0.5) is 0 Å². The Balaban J connectivity index is 2.45. The number of nitrogens with zero attached hydrogens (tertiary/aromatic N) is 1. The lowest BCUT2D eigenvalue weighted by atomic mass is 9.73. The Bertz CT molecular complexity index is 989. The summed E-state index contributed by atoms with van der Waals surface area (Å²) in [6.45, 7) is 14.6. The summed E-state index contributed by atoms with van der Waals surface area (Å²) in [7, 11) is 0. The number of cyclic esters (lactones) is 1. The van der Waals surface area contributed by atoms with Gasteiger partial charge < -0.3 is 14.9 Å². The summed E-state index contributed by atoms with van der Waals surface area (Å²) in [5, 5.41) is 24.6. The molecule has 1 aromatic rings. The zero-order chi connectivity index (χ0) is 26.5. The minimum atomic E-state index is -1.24. The van der Waals surface area contributed by atoms with Crippen LogP contribution in [0.3, 0.4) is 0 Å². The molecule has 0 aliphatic carbocycles. The molecule has 0 unspecified atom stereocenters. The quantitative estimate of drug-likeness (QED) is 0.533. The van der Waals surface area contributed by atoms with Crippen molar-refractivity contribution < 1.29 is 24.5 Å². The summed E-state index contributed by atoms with van der Waals surface area (Å²) in [5.74, 6) is -1.80. The van der Waals surface area contributed by atoms with Crippen molar-refractivity contribution in [2.75, 3.05) is 0 Å². The van der Waals surface area contributed by atoms with Gasteiger partial charge in [-0.25, -0.2) is 4.98 Å². The smallest absolute Gasteiger partial charge is 0.309 e. The Morgan fingerprint density at radius 3 is 2.46 bits per heavy atom. The van der Waals surface area contributed by atoms with E-state index in [0.717, 1.165) is 21.8 Å². The van der Waals surface area contributed by atoms with Gasteiger partial charge in [-0.2, -0.15) is 0 Å². The third-order valence-electron chi connectivity index (χ3n) is 6.95. The summed E-state index contributed by atoms with van der Waals surface area (Å²) in [4.78, 5) is 30.6. The maximum Gasteiger partial charge on any atom is 0.309 e. The number of hydrogen-bond donors (Lipinski definition) is 2. The van der Waals surface area contributed by atoms with Gasteiger partial charge in [-0.05, 0) is 44.8 Å². The number of aromatic nitrogens is 1. The Morgan fingerprint density at radius 2 is 1.86 bits per heavy atom. The topological polar surface area (TPSA) is 96.7 Å². The number of ketones is 1. The predicted molar refractivity (Wildman–Crippen MR) is 141 cm³/mol. The van der Waals surface area contributed by atoms with Crippen molar-refractivity contribution in [2.45, 2.75) is 86.5 Å². The molecule has 2 heterocycles. The van der Waals surface area contributed by atoms with Crippen LogP contribution >= 0.6 is 11.3 Å². The van der Waals surface area contributed by atoms with Crippen LogP contribution in [-0.2, 0) is 14.3 Å². The molecule has 2 N–H and O–H groups in total. The highest BCUT2D eigenvalue weighted by Gasteiger charge is 2.42. The molecule has 194 valence electrons. The van der Waals surface area contributed by atoms with E-state index in [1.54, 1.807) is 32.1 Å². The molecule has 2 rings (SSSR count). The zero-order valence-electron chi connectivity index (χ0n) is 22.2. The fourth-order valence-corrected chi connectivity index (χ4v) is 5.11. The number of carbonyl (C=O) groups excluding carboxylic acids is 2. The van der Waals surface area contributed by atoms with E-state index in [4.69, 9.17) is 4.74 Å². The first-order valence-corrected chi connectivity index (χ1v) is 13.2. The highest BCUT2D eigenvalue weighted by Crippen LogP contribution is 2.32. The number of aliphatic hydroxyl groups is 2. The molecule has 0 saturated carbocycles. The van der Waals surface area contributed by atoms with Crippen LogP contribution in [0.25, 0.3) is 6.08 Å². The number of hydrogen-bond acceptors (Lipinski definition) is 7. The van der Waals surface area contributed by atoms with E-state index in [0.29, 0.717) is 6.42 Å². The van der Waals surface area contributed by atoms with Crippen LogP contribution in [0.15, 0.2) is 34.8 Å². The predicted octanol–water partition coefficient (Wildman–Crippen LogP) is 5.29. The minimum Gasteiger partial charge on any atom is -0.457 e. The number of aryl methyl sites for hydroxylation is 1. The standard InChI is InChI=1S/C28H41NO5S/c1-16-10-9-11-17(2)25(32)20(5)27(33)28(7,8)23(30)14-24(31)34-26(18(3)12-16)19(4)13-22-15-35-21(6)29-22/h9-10,12-13,15,17-18,20,23,25-26,30,32H,11,14H2,1-8H3/b10-9+,16-12-,19-13+/t17-,18-,20+,23-,25-,26-/m0/s1. The van der Waals surface area contributed by atoms with Crippen LogP contribution in [0.5, 0.6) is 0 Å². The maximum atomic E-state index is 13.2. The van der Waals surface area contributed by atoms with E-state index >= 15 is 0 Å². The van der Waals surface area contributed by atoms with Gasteiger partial charge in [0.1, 0.15) is 11.9 Å². The zero-order valence-corrected chi connectivity index (χ0v) is 23.1. The van der Waals surface area contributed by atoms with Crippen LogP contribution in [0.2, 0.25) is 0 Å². The van der Waals surface area contributed by atoms with Crippen molar-refractivity contribution in [3.8, 4) is 0 Å². The molecule has 6 atom stereocenters. The summed E-state index contributed by atoms with van der Waals surface area (Å²) >= 11 is 1.55. The monoisotopic (exact) mass is 503 g/mol. The van der Waals surface area contributed by atoms with Crippen molar-refractivity contribution in [1.29, 1.82) is 0 Å². The number of aliphatic hydroxyl groups excluding tert-OH is 2. The number of allylic oxidation sites excluding steroid dienone is 3. The second-order valence-electron chi connectivity index (χ2n) is 10.6. The Kier molecular flexibility index (Phi) is 10.2. The van der Waals surface area contributed by atoms with Crippen molar-refractivity contribution >= 4 is 29.2 Å². The summed E-state index contributed by atoms with van der Waals surface area (Å²) in [6.07, 6.45) is 5.62.